The third-order valence-electron chi connectivity index (χ3n) is 8.45. The summed E-state index contributed by atoms with van der Waals surface area (Å²) >= 11 is 1.72. The van der Waals surface area contributed by atoms with Crippen molar-refractivity contribution in [2.45, 2.75) is 99.8 Å². The van der Waals surface area contributed by atoms with E-state index >= 15 is 0 Å². The number of fused-ring (bicyclic) bond motifs is 1. The summed E-state index contributed by atoms with van der Waals surface area (Å²) in [6, 6.07) is 12.5. The number of carbonyl (C=O) groups is 1. The number of thioether (sulfide) groups is 1. The summed E-state index contributed by atoms with van der Waals surface area (Å²) in [5.41, 5.74) is 2.11. The van der Waals surface area contributed by atoms with Gasteiger partial charge in [-0.1, -0.05) is 63.1 Å². The normalized spacial score (nSPS) is 19.4. The Hall–Kier alpha value is -2.69. The molecule has 0 radical (unpaired) electrons. The molecular weight excluding hydrogens is 591 g/mol. The predicted octanol–water partition coefficient (Wildman–Crippen LogP) is 9.41. The van der Waals surface area contributed by atoms with E-state index in [1.165, 1.54) is 0 Å². The van der Waals surface area contributed by atoms with Crippen LogP contribution in [0.2, 0.25) is 0 Å². The number of carboxylic acids is 1. The van der Waals surface area contributed by atoms with Gasteiger partial charge in [-0.05, 0) is 61.3 Å². The number of ether oxygens (including phenoxy) is 1. The average Bonchev–Trinajstić information content (AvgIpc) is 2.94. The summed E-state index contributed by atoms with van der Waals surface area (Å²) in [5.74, 6) is -5.72. The van der Waals surface area contributed by atoms with Crippen LogP contribution < -0.4 is 4.74 Å². The van der Waals surface area contributed by atoms with Crippen LogP contribution in [0.5, 0.6) is 17.2 Å². The molecule has 1 aliphatic heterocycles. The maximum absolute atomic E-state index is 13.1. The van der Waals surface area contributed by atoms with Crippen LogP contribution in [-0.2, 0) is 9.54 Å². The Labute approximate surface area is 253 Å². The lowest BCUT2D eigenvalue weighted by Gasteiger charge is -2.44. The third-order valence-corrected chi connectivity index (χ3v) is 9.82. The van der Waals surface area contributed by atoms with E-state index in [9.17, 15) is 42.1 Å². The zero-order chi connectivity index (χ0) is 31.7. The molecule has 3 atom stereocenters. The van der Waals surface area contributed by atoms with Gasteiger partial charge in [0.1, 0.15) is 23.9 Å². The van der Waals surface area contributed by atoms with Crippen molar-refractivity contribution in [2.75, 3.05) is 12.9 Å². The molecule has 43 heavy (non-hydrogen) atoms. The van der Waals surface area contributed by atoms with E-state index in [0.717, 1.165) is 56.1 Å². The van der Waals surface area contributed by atoms with Crippen LogP contribution in [0.1, 0.15) is 94.1 Å². The molecule has 240 valence electrons. The lowest BCUT2D eigenvalue weighted by Crippen LogP contribution is -2.40. The van der Waals surface area contributed by atoms with E-state index in [4.69, 9.17) is 4.74 Å². The van der Waals surface area contributed by atoms with Gasteiger partial charge in [0, 0.05) is 18.4 Å². The average molecular weight is 633 g/mol. The highest BCUT2D eigenvalue weighted by Crippen LogP contribution is 2.55. The van der Waals surface area contributed by atoms with Crippen molar-refractivity contribution in [3.05, 3.63) is 53.6 Å². The van der Waals surface area contributed by atoms with Gasteiger partial charge in [-0.2, -0.15) is 22.0 Å². The number of halogens is 5. The summed E-state index contributed by atoms with van der Waals surface area (Å²) in [5, 5.41) is 29.2. The van der Waals surface area contributed by atoms with Crippen LogP contribution in [0, 0.1) is 5.92 Å². The van der Waals surface area contributed by atoms with Crippen LogP contribution in [0.25, 0.3) is 0 Å². The summed E-state index contributed by atoms with van der Waals surface area (Å²) in [6.45, 7) is 0.433. The molecule has 0 amide bonds. The zero-order valence-electron chi connectivity index (χ0n) is 24.3. The minimum atomic E-state index is -5.62. The number of benzene rings is 2. The topological polar surface area (TPSA) is 87.0 Å². The molecule has 0 fully saturated rings. The minimum absolute atomic E-state index is 0.125. The quantitative estimate of drug-likeness (QED) is 0.119. The Morgan fingerprint density at radius 2 is 1.49 bits per heavy atom. The van der Waals surface area contributed by atoms with E-state index in [1.54, 1.807) is 36.0 Å². The molecule has 0 aliphatic carbocycles. The second-order valence-corrected chi connectivity index (χ2v) is 12.5. The highest BCUT2D eigenvalue weighted by Gasteiger charge is 2.56. The third kappa shape index (κ3) is 9.16. The molecule has 3 rings (SSSR count). The first-order valence-corrected chi connectivity index (χ1v) is 16.0. The second kappa shape index (κ2) is 15.3. The van der Waals surface area contributed by atoms with Crippen molar-refractivity contribution < 1.29 is 46.8 Å². The SMILES string of the molecule is CS[C@@]1(c2ccc(O)cc2)COc2cc(O)ccc2[C@@H]1CCCCCCCCC[C@H](CCCC(F)(F)C(F)(F)F)C(=O)O. The van der Waals surface area contributed by atoms with E-state index in [0.29, 0.717) is 18.8 Å². The highest BCUT2D eigenvalue weighted by molar-refractivity contribution is 7.99. The lowest BCUT2D eigenvalue weighted by atomic mass is 9.76. The number of phenols is 2. The second-order valence-electron chi connectivity index (χ2n) is 11.4. The van der Waals surface area contributed by atoms with Gasteiger partial charge in [0.25, 0.3) is 0 Å². The Balaban J connectivity index is 1.44. The van der Waals surface area contributed by atoms with Crippen molar-refractivity contribution in [3.63, 3.8) is 0 Å². The molecule has 0 bridgehead atoms. The monoisotopic (exact) mass is 632 g/mol. The molecular formula is C32H41F5O5S. The number of unbranched alkanes of at least 4 members (excludes halogenated alkanes) is 6. The Kier molecular flexibility index (Phi) is 12.4. The molecule has 2 aromatic carbocycles. The molecule has 0 aromatic heterocycles. The van der Waals surface area contributed by atoms with E-state index in [-0.39, 0.29) is 35.0 Å². The van der Waals surface area contributed by atoms with Crippen LogP contribution in [0.4, 0.5) is 22.0 Å². The van der Waals surface area contributed by atoms with Gasteiger partial charge in [-0.3, -0.25) is 4.79 Å². The standard InChI is InChI=1S/C32H41F5O5S/c1-43-30(23-13-15-24(38)16-14-23)21-42-28-20-25(39)17-18-26(28)27(30)12-8-6-4-2-3-5-7-10-22(29(40)41)11-9-19-31(33,34)32(35,36)37/h13-18,20,22,27,38-39H,2-12,19,21H2,1H3,(H,40,41)/t22-,27+,30-/m1/s1. The van der Waals surface area contributed by atoms with Crippen LogP contribution in [0.3, 0.4) is 0 Å². The molecule has 1 aliphatic rings. The largest absolute Gasteiger partial charge is 0.508 e. The van der Waals surface area contributed by atoms with Gasteiger partial charge in [0.15, 0.2) is 0 Å². The number of hydrogen-bond acceptors (Lipinski definition) is 5. The maximum Gasteiger partial charge on any atom is 0.453 e. The van der Waals surface area contributed by atoms with Gasteiger partial charge in [0.2, 0.25) is 0 Å². The van der Waals surface area contributed by atoms with E-state index in [1.807, 2.05) is 18.2 Å². The van der Waals surface area contributed by atoms with E-state index in [2.05, 4.69) is 6.26 Å². The Morgan fingerprint density at radius 1 is 0.907 bits per heavy atom. The van der Waals surface area contributed by atoms with Gasteiger partial charge in [-0.15, -0.1) is 11.8 Å². The van der Waals surface area contributed by atoms with Gasteiger partial charge >= 0.3 is 18.1 Å². The number of alkyl halides is 5. The predicted molar refractivity (Wildman–Crippen MR) is 157 cm³/mol. The molecule has 0 spiro atoms. The van der Waals surface area contributed by atoms with Crippen LogP contribution in [0.15, 0.2) is 42.5 Å². The molecule has 0 saturated heterocycles. The molecule has 11 heteroatoms. The number of aromatic hydroxyl groups is 2. The Morgan fingerprint density at radius 3 is 2.09 bits per heavy atom. The summed E-state index contributed by atoms with van der Waals surface area (Å²) < 4.78 is 68.9. The van der Waals surface area contributed by atoms with Gasteiger partial charge in [-0.25, -0.2) is 0 Å². The molecule has 1 heterocycles. The lowest BCUT2D eigenvalue weighted by molar-refractivity contribution is -0.284. The van der Waals surface area contributed by atoms with E-state index < -0.39 is 36.8 Å². The minimum Gasteiger partial charge on any atom is -0.508 e. The number of phenolic OH excluding ortho intramolecular Hbond substituents is 2. The Bertz CT molecular complexity index is 1170. The van der Waals surface area contributed by atoms with Gasteiger partial charge < -0.3 is 20.1 Å². The summed E-state index contributed by atoms with van der Waals surface area (Å²) in [4.78, 5) is 11.4. The molecule has 0 unspecified atom stereocenters. The first-order valence-electron chi connectivity index (χ1n) is 14.8. The van der Waals surface area contributed by atoms with Crippen molar-refractivity contribution in [1.29, 1.82) is 0 Å². The van der Waals surface area contributed by atoms with Crippen LogP contribution >= 0.6 is 11.8 Å². The number of rotatable bonds is 17. The fraction of sp³-hybridized carbons (Fsp3) is 0.594. The van der Waals surface area contributed by atoms with Crippen molar-refractivity contribution in [2.24, 2.45) is 5.92 Å². The van der Waals surface area contributed by atoms with Crippen molar-refractivity contribution in [1.82, 2.24) is 0 Å². The molecule has 2 aromatic rings. The molecule has 5 nitrogen and oxygen atoms in total. The highest BCUT2D eigenvalue weighted by atomic mass is 32.2. The number of hydrogen-bond donors (Lipinski definition) is 3. The first-order chi connectivity index (χ1) is 20.3. The van der Waals surface area contributed by atoms with Gasteiger partial charge in [0.05, 0.1) is 10.7 Å². The number of aliphatic carboxylic acids is 1. The number of carboxylic acid groups (broad SMARTS) is 1. The zero-order valence-corrected chi connectivity index (χ0v) is 25.2. The maximum atomic E-state index is 13.1. The smallest absolute Gasteiger partial charge is 0.453 e. The van der Waals surface area contributed by atoms with Crippen molar-refractivity contribution >= 4 is 17.7 Å². The first kappa shape index (κ1) is 34.8. The van der Waals surface area contributed by atoms with Crippen LogP contribution in [-0.4, -0.2) is 46.3 Å². The summed E-state index contributed by atoms with van der Waals surface area (Å²) in [7, 11) is 0. The van der Waals surface area contributed by atoms with Crippen molar-refractivity contribution in [3.8, 4) is 17.2 Å². The molecule has 0 saturated carbocycles. The summed E-state index contributed by atoms with van der Waals surface area (Å²) in [6.07, 6.45) is 1.68. The molecule has 3 N–H and O–H groups in total. The fourth-order valence-corrected chi connectivity index (χ4v) is 7.01. The fourth-order valence-electron chi connectivity index (χ4n) is 5.94.